The van der Waals surface area contributed by atoms with Gasteiger partial charge in [-0.05, 0) is 42.7 Å². The van der Waals surface area contributed by atoms with Crippen molar-refractivity contribution in [2.45, 2.75) is 32.3 Å². The normalized spacial score (nSPS) is 16.3. The third kappa shape index (κ3) is 4.03. The molecule has 0 spiro atoms. The molecule has 146 valence electrons. The van der Waals surface area contributed by atoms with E-state index in [9.17, 15) is 9.90 Å². The first-order chi connectivity index (χ1) is 13.6. The van der Waals surface area contributed by atoms with Crippen LogP contribution in [0.4, 0.5) is 0 Å². The molecule has 1 amide bonds. The fourth-order valence-corrected chi connectivity index (χ4v) is 4.39. The Morgan fingerprint density at radius 2 is 2.00 bits per heavy atom. The van der Waals surface area contributed by atoms with Crippen molar-refractivity contribution in [3.63, 3.8) is 0 Å². The minimum Gasteiger partial charge on any atom is -0.440 e. The van der Waals surface area contributed by atoms with Crippen LogP contribution in [0.15, 0.2) is 52.3 Å². The Morgan fingerprint density at radius 3 is 2.68 bits per heavy atom. The quantitative estimate of drug-likeness (QED) is 0.701. The molecule has 1 fully saturated rings. The van der Waals surface area contributed by atoms with Crippen LogP contribution in [0.3, 0.4) is 0 Å². The fraction of sp³-hybridized carbons (Fsp3) is 0.364. The van der Waals surface area contributed by atoms with Crippen molar-refractivity contribution in [2.75, 3.05) is 13.1 Å². The van der Waals surface area contributed by atoms with Crippen LogP contribution in [0.5, 0.6) is 0 Å². The van der Waals surface area contributed by atoms with Gasteiger partial charge in [-0.3, -0.25) is 4.79 Å². The lowest BCUT2D eigenvalue weighted by atomic mass is 9.87. The number of carbonyl (C=O) groups excluding carboxylic acids is 1. The number of rotatable bonds is 5. The highest BCUT2D eigenvalue weighted by Crippen LogP contribution is 2.31. The van der Waals surface area contributed by atoms with E-state index in [-0.39, 0.29) is 18.2 Å². The number of amides is 1. The van der Waals surface area contributed by atoms with Gasteiger partial charge in [0.25, 0.3) is 0 Å². The number of hydrogen-bond donors (Lipinski definition) is 1. The number of aryl methyl sites for hydroxylation is 1. The second kappa shape index (κ2) is 8.29. The van der Waals surface area contributed by atoms with Gasteiger partial charge in [0.05, 0.1) is 23.1 Å². The number of oxazole rings is 1. The molecule has 0 bridgehead atoms. The summed E-state index contributed by atoms with van der Waals surface area (Å²) >= 11 is 1.57. The molecule has 4 rings (SSSR count). The number of hydrogen-bond acceptors (Lipinski definition) is 5. The highest BCUT2D eigenvalue weighted by atomic mass is 32.1. The van der Waals surface area contributed by atoms with Crippen LogP contribution in [0, 0.1) is 12.8 Å². The predicted molar refractivity (Wildman–Crippen MR) is 109 cm³/mol. The molecule has 0 aliphatic carbocycles. The predicted octanol–water partition coefficient (Wildman–Crippen LogP) is 4.23. The van der Waals surface area contributed by atoms with E-state index in [0.29, 0.717) is 30.4 Å². The van der Waals surface area contributed by atoms with E-state index < -0.39 is 6.10 Å². The van der Waals surface area contributed by atoms with Gasteiger partial charge in [0.2, 0.25) is 11.8 Å². The van der Waals surface area contributed by atoms with Gasteiger partial charge in [-0.15, -0.1) is 11.3 Å². The third-order valence-electron chi connectivity index (χ3n) is 5.42. The average molecular weight is 397 g/mol. The second-order valence-corrected chi connectivity index (χ2v) is 8.20. The first-order valence-corrected chi connectivity index (χ1v) is 10.5. The summed E-state index contributed by atoms with van der Waals surface area (Å²) in [4.78, 5) is 20.1. The molecule has 3 aromatic rings. The molecule has 3 heterocycles. The number of likely N-dealkylation sites (tertiary alicyclic amines) is 1. The Morgan fingerprint density at radius 1 is 1.25 bits per heavy atom. The molecule has 0 radical (unpaired) electrons. The van der Waals surface area contributed by atoms with Crippen LogP contribution in [0.25, 0.3) is 10.8 Å². The Hall–Kier alpha value is -2.44. The van der Waals surface area contributed by atoms with Crippen LogP contribution in [-0.2, 0) is 11.2 Å². The highest BCUT2D eigenvalue weighted by molar-refractivity contribution is 7.13. The van der Waals surface area contributed by atoms with Crippen molar-refractivity contribution in [2.24, 2.45) is 5.92 Å². The average Bonchev–Trinajstić information content (AvgIpc) is 3.38. The number of piperidine rings is 1. The van der Waals surface area contributed by atoms with Gasteiger partial charge in [-0.1, -0.05) is 36.4 Å². The van der Waals surface area contributed by atoms with Crippen molar-refractivity contribution >= 4 is 17.2 Å². The van der Waals surface area contributed by atoms with Crippen LogP contribution in [0.2, 0.25) is 0 Å². The van der Waals surface area contributed by atoms with E-state index in [2.05, 4.69) is 4.98 Å². The first-order valence-electron chi connectivity index (χ1n) is 9.63. The largest absolute Gasteiger partial charge is 0.440 e. The number of aliphatic hydroxyl groups excluding tert-OH is 1. The molecular weight excluding hydrogens is 372 g/mol. The van der Waals surface area contributed by atoms with Crippen molar-refractivity contribution in [1.82, 2.24) is 9.88 Å². The van der Waals surface area contributed by atoms with E-state index in [4.69, 9.17) is 4.42 Å². The molecule has 1 aliphatic heterocycles. The van der Waals surface area contributed by atoms with Gasteiger partial charge in [0, 0.05) is 13.1 Å². The van der Waals surface area contributed by atoms with Gasteiger partial charge in [-0.2, -0.15) is 0 Å². The number of thiophene rings is 1. The number of nitrogens with zero attached hydrogens (tertiary/aromatic N) is 2. The maximum absolute atomic E-state index is 12.7. The molecular formula is C22H24N2O3S. The summed E-state index contributed by atoms with van der Waals surface area (Å²) in [6.45, 7) is 3.19. The second-order valence-electron chi connectivity index (χ2n) is 7.25. The summed E-state index contributed by atoms with van der Waals surface area (Å²) in [7, 11) is 0. The number of aliphatic hydroxyl groups is 1. The zero-order valence-electron chi connectivity index (χ0n) is 15.9. The Bertz CT molecular complexity index is 913. The number of benzene rings is 1. The van der Waals surface area contributed by atoms with Crippen molar-refractivity contribution < 1.29 is 14.3 Å². The summed E-state index contributed by atoms with van der Waals surface area (Å²) < 4.78 is 5.74. The molecule has 0 saturated carbocycles. The molecule has 1 aromatic carbocycles. The van der Waals surface area contributed by atoms with Crippen molar-refractivity contribution in [1.29, 1.82) is 0 Å². The van der Waals surface area contributed by atoms with Crippen molar-refractivity contribution in [3.05, 3.63) is 64.9 Å². The van der Waals surface area contributed by atoms with Gasteiger partial charge >= 0.3 is 0 Å². The van der Waals surface area contributed by atoms with E-state index in [1.807, 2.05) is 59.7 Å². The Labute approximate surface area is 168 Å². The zero-order valence-corrected chi connectivity index (χ0v) is 16.7. The SMILES string of the molecule is Cc1oc(-c2cccs2)nc1CC(=O)N1CCC(C(O)c2ccccc2)CC1. The van der Waals surface area contributed by atoms with Gasteiger partial charge < -0.3 is 14.4 Å². The minimum atomic E-state index is -0.468. The van der Waals surface area contributed by atoms with E-state index in [0.717, 1.165) is 23.3 Å². The van der Waals surface area contributed by atoms with E-state index in [1.165, 1.54) is 0 Å². The van der Waals surface area contributed by atoms with Crippen LogP contribution >= 0.6 is 11.3 Å². The smallest absolute Gasteiger partial charge is 0.236 e. The molecule has 2 aromatic heterocycles. The highest BCUT2D eigenvalue weighted by Gasteiger charge is 2.29. The summed E-state index contributed by atoms with van der Waals surface area (Å²) in [6.07, 6.45) is 1.40. The monoisotopic (exact) mass is 396 g/mol. The molecule has 1 atom stereocenters. The molecule has 1 unspecified atom stereocenters. The molecule has 1 saturated heterocycles. The summed E-state index contributed by atoms with van der Waals surface area (Å²) in [6, 6.07) is 13.7. The van der Waals surface area contributed by atoms with E-state index in [1.54, 1.807) is 11.3 Å². The van der Waals surface area contributed by atoms with Crippen LogP contribution in [-0.4, -0.2) is 34.0 Å². The lowest BCUT2D eigenvalue weighted by Crippen LogP contribution is -2.40. The standard InChI is InChI=1S/C22H24N2O3S/c1-15-18(23-22(27-15)19-8-5-13-28-19)14-20(25)24-11-9-17(10-12-24)21(26)16-6-3-2-4-7-16/h2-8,13,17,21,26H,9-12,14H2,1H3. The summed E-state index contributed by atoms with van der Waals surface area (Å²) in [5, 5.41) is 12.6. The maximum Gasteiger partial charge on any atom is 0.236 e. The summed E-state index contributed by atoms with van der Waals surface area (Å²) in [5.74, 6) is 1.54. The Balaban J connectivity index is 1.35. The van der Waals surface area contributed by atoms with Crippen LogP contribution in [0.1, 0.15) is 36.0 Å². The lowest BCUT2D eigenvalue weighted by molar-refractivity contribution is -0.132. The molecule has 6 heteroatoms. The topological polar surface area (TPSA) is 66.6 Å². The van der Waals surface area contributed by atoms with Gasteiger partial charge in [-0.25, -0.2) is 4.98 Å². The van der Waals surface area contributed by atoms with Gasteiger partial charge in [0.1, 0.15) is 5.76 Å². The zero-order chi connectivity index (χ0) is 19.5. The molecule has 1 N–H and O–H groups in total. The number of carbonyl (C=O) groups is 1. The van der Waals surface area contributed by atoms with Gasteiger partial charge in [0.15, 0.2) is 0 Å². The van der Waals surface area contributed by atoms with Crippen LogP contribution < -0.4 is 0 Å². The third-order valence-corrected chi connectivity index (χ3v) is 6.28. The Kier molecular flexibility index (Phi) is 5.59. The summed E-state index contributed by atoms with van der Waals surface area (Å²) in [5.41, 5.74) is 1.66. The molecule has 28 heavy (non-hydrogen) atoms. The fourth-order valence-electron chi connectivity index (χ4n) is 3.74. The van der Waals surface area contributed by atoms with Crippen molar-refractivity contribution in [3.8, 4) is 10.8 Å². The lowest BCUT2D eigenvalue weighted by Gasteiger charge is -2.34. The molecule has 1 aliphatic rings. The maximum atomic E-state index is 12.7. The first kappa shape index (κ1) is 18.9. The van der Waals surface area contributed by atoms with E-state index >= 15 is 0 Å². The minimum absolute atomic E-state index is 0.0711. The number of aromatic nitrogens is 1. The molecule has 5 nitrogen and oxygen atoms in total.